The summed E-state index contributed by atoms with van der Waals surface area (Å²) in [5.74, 6) is -0.181. The van der Waals surface area contributed by atoms with Gasteiger partial charge in [0.15, 0.2) is 17.2 Å². The van der Waals surface area contributed by atoms with Crippen LogP contribution in [0.15, 0.2) is 65.1 Å². The third-order valence-electron chi connectivity index (χ3n) is 4.56. The molecule has 10 heteroatoms. The predicted molar refractivity (Wildman–Crippen MR) is 116 cm³/mol. The molecular formula is C21H15N7O2S. The van der Waals surface area contributed by atoms with Gasteiger partial charge in [-0.3, -0.25) is 14.8 Å². The highest BCUT2D eigenvalue weighted by Gasteiger charge is 2.22. The van der Waals surface area contributed by atoms with Crippen LogP contribution in [0.3, 0.4) is 0 Å². The molecule has 1 amide bonds. The molecule has 1 aromatic carbocycles. The van der Waals surface area contributed by atoms with Gasteiger partial charge in [-0.15, -0.1) is 11.3 Å². The smallest absolute Gasteiger partial charge is 0.274 e. The van der Waals surface area contributed by atoms with Crippen molar-refractivity contribution in [3.63, 3.8) is 0 Å². The van der Waals surface area contributed by atoms with Gasteiger partial charge < -0.3 is 15.5 Å². The first-order valence-electron chi connectivity index (χ1n) is 9.27. The molecule has 0 saturated heterocycles. The number of hydrogen-bond acceptors (Lipinski definition) is 9. The third-order valence-corrected chi connectivity index (χ3v) is 5.34. The average molecular weight is 429 g/mol. The van der Waals surface area contributed by atoms with E-state index >= 15 is 0 Å². The fraction of sp³-hybridized carbons (Fsp3) is 0.0476. The molecule has 0 unspecified atom stereocenters. The molecular weight excluding hydrogens is 414 g/mol. The summed E-state index contributed by atoms with van der Waals surface area (Å²) in [5.41, 5.74) is 10.2. The lowest BCUT2D eigenvalue weighted by Crippen LogP contribution is -2.25. The molecule has 0 atom stereocenters. The number of carbonyl (C=O) groups is 1. The number of oxazole rings is 1. The number of anilines is 1. The number of pyridine rings is 1. The summed E-state index contributed by atoms with van der Waals surface area (Å²) < 4.78 is 5.43. The Morgan fingerprint density at radius 3 is 2.87 bits per heavy atom. The summed E-state index contributed by atoms with van der Waals surface area (Å²) in [7, 11) is 0. The van der Waals surface area contributed by atoms with E-state index in [0.717, 1.165) is 21.3 Å². The van der Waals surface area contributed by atoms with E-state index in [9.17, 15) is 4.79 Å². The zero-order valence-electron chi connectivity index (χ0n) is 16.0. The third kappa shape index (κ3) is 3.71. The molecule has 5 rings (SSSR count). The Hall–Kier alpha value is -4.18. The zero-order chi connectivity index (χ0) is 21.2. The second-order valence-corrected chi connectivity index (χ2v) is 7.52. The minimum atomic E-state index is -0.430. The summed E-state index contributed by atoms with van der Waals surface area (Å²) in [6.07, 6.45) is 6.38. The molecule has 152 valence electrons. The number of nitrogens with two attached hydrogens (primary N) is 1. The fourth-order valence-corrected chi connectivity index (χ4v) is 3.64. The molecule has 4 aromatic heterocycles. The second-order valence-electron chi connectivity index (χ2n) is 6.55. The van der Waals surface area contributed by atoms with Gasteiger partial charge in [0.1, 0.15) is 12.0 Å². The molecule has 31 heavy (non-hydrogen) atoms. The zero-order valence-corrected chi connectivity index (χ0v) is 16.8. The summed E-state index contributed by atoms with van der Waals surface area (Å²) in [6.45, 7) is 0.323. The summed E-state index contributed by atoms with van der Waals surface area (Å²) in [4.78, 5) is 35.2. The van der Waals surface area contributed by atoms with Crippen LogP contribution in [0.25, 0.3) is 33.7 Å². The van der Waals surface area contributed by atoms with Gasteiger partial charge in [0.05, 0.1) is 23.8 Å². The molecule has 0 bridgehead atoms. The number of thiazole rings is 1. The summed E-state index contributed by atoms with van der Waals surface area (Å²) in [6, 6.07) is 9.47. The van der Waals surface area contributed by atoms with Gasteiger partial charge in [-0.05, 0) is 18.2 Å². The first kappa shape index (κ1) is 18.8. The van der Waals surface area contributed by atoms with Gasteiger partial charge in [-0.2, -0.15) is 0 Å². The maximum absolute atomic E-state index is 12.8. The lowest BCUT2D eigenvalue weighted by Gasteiger charge is -2.11. The van der Waals surface area contributed by atoms with Crippen LogP contribution in [0.1, 0.15) is 15.4 Å². The number of nitrogen functional groups attached to an aromatic ring is 1. The van der Waals surface area contributed by atoms with Crippen LogP contribution >= 0.6 is 11.3 Å². The quantitative estimate of drug-likeness (QED) is 0.435. The molecule has 0 aliphatic heterocycles. The van der Waals surface area contributed by atoms with Crippen LogP contribution in [-0.4, -0.2) is 30.8 Å². The standard InChI is InChI=1S/C21H15N7O2S/c22-19-18(20(29)26-10-14-9-23-11-31-14)27-16(17(28-19)21-25-6-7-30-21)13-3-4-15-12(8-13)2-1-5-24-15/h1-9,11H,10H2,(H2,22,28)(H,26,29). The molecule has 5 aromatic rings. The number of fused-ring (bicyclic) bond motifs is 1. The van der Waals surface area contributed by atoms with Gasteiger partial charge in [0, 0.05) is 28.2 Å². The van der Waals surface area contributed by atoms with E-state index in [4.69, 9.17) is 10.2 Å². The Morgan fingerprint density at radius 2 is 2.06 bits per heavy atom. The van der Waals surface area contributed by atoms with Crippen LogP contribution in [0.2, 0.25) is 0 Å². The highest BCUT2D eigenvalue weighted by atomic mass is 32.1. The Labute approximate surface area is 180 Å². The maximum atomic E-state index is 12.8. The minimum Gasteiger partial charge on any atom is -0.443 e. The van der Waals surface area contributed by atoms with Gasteiger partial charge in [-0.1, -0.05) is 12.1 Å². The van der Waals surface area contributed by atoms with Crippen molar-refractivity contribution in [2.24, 2.45) is 0 Å². The fourth-order valence-electron chi connectivity index (χ4n) is 3.11. The monoisotopic (exact) mass is 429 g/mol. The van der Waals surface area contributed by atoms with E-state index in [-0.39, 0.29) is 17.4 Å². The Balaban J connectivity index is 1.60. The van der Waals surface area contributed by atoms with Crippen molar-refractivity contribution < 1.29 is 9.21 Å². The summed E-state index contributed by atoms with van der Waals surface area (Å²) in [5, 5.41) is 3.73. The molecule has 0 saturated carbocycles. The second kappa shape index (κ2) is 7.92. The van der Waals surface area contributed by atoms with Gasteiger partial charge >= 0.3 is 0 Å². The summed E-state index contributed by atoms with van der Waals surface area (Å²) >= 11 is 1.45. The molecule has 0 spiro atoms. The maximum Gasteiger partial charge on any atom is 0.274 e. The average Bonchev–Trinajstić information content (AvgIpc) is 3.51. The number of carbonyl (C=O) groups excluding carboxylic acids is 1. The highest BCUT2D eigenvalue weighted by Crippen LogP contribution is 2.31. The van der Waals surface area contributed by atoms with Gasteiger partial charge in [0.2, 0.25) is 5.89 Å². The predicted octanol–water partition coefficient (Wildman–Crippen LogP) is 3.32. The van der Waals surface area contributed by atoms with Crippen molar-refractivity contribution in [2.45, 2.75) is 6.54 Å². The normalized spacial score (nSPS) is 11.0. The van der Waals surface area contributed by atoms with Crippen LogP contribution in [0.5, 0.6) is 0 Å². The van der Waals surface area contributed by atoms with Gasteiger partial charge in [-0.25, -0.2) is 15.0 Å². The van der Waals surface area contributed by atoms with E-state index < -0.39 is 5.91 Å². The van der Waals surface area contributed by atoms with Crippen molar-refractivity contribution in [2.75, 3.05) is 5.73 Å². The number of nitrogens with one attached hydrogen (secondary N) is 1. The highest BCUT2D eigenvalue weighted by molar-refractivity contribution is 7.09. The van der Waals surface area contributed by atoms with Crippen LogP contribution in [0.4, 0.5) is 5.82 Å². The number of benzene rings is 1. The number of hydrogen-bond donors (Lipinski definition) is 2. The van der Waals surface area contributed by atoms with Crippen molar-refractivity contribution in [3.8, 4) is 22.8 Å². The van der Waals surface area contributed by atoms with E-state index in [1.165, 1.54) is 23.8 Å². The van der Waals surface area contributed by atoms with Crippen LogP contribution < -0.4 is 11.1 Å². The SMILES string of the molecule is Nc1nc(-c2ncco2)c(-c2ccc3ncccc3c2)nc1C(=O)NCc1cncs1. The topological polar surface area (TPSA) is 133 Å². The number of amides is 1. The van der Waals surface area contributed by atoms with Crippen molar-refractivity contribution in [3.05, 3.63) is 71.3 Å². The van der Waals surface area contributed by atoms with Crippen LogP contribution in [0, 0.1) is 0 Å². The molecule has 0 fully saturated rings. The molecule has 0 radical (unpaired) electrons. The first-order chi connectivity index (χ1) is 15.2. The molecule has 4 heterocycles. The number of rotatable bonds is 5. The van der Waals surface area contributed by atoms with Crippen molar-refractivity contribution in [1.29, 1.82) is 0 Å². The minimum absolute atomic E-state index is 0.0128. The lowest BCUT2D eigenvalue weighted by atomic mass is 10.1. The van der Waals surface area contributed by atoms with Gasteiger partial charge in [0.25, 0.3) is 5.91 Å². The lowest BCUT2D eigenvalue weighted by molar-refractivity contribution is 0.0947. The van der Waals surface area contributed by atoms with E-state index in [1.807, 2.05) is 30.3 Å². The molecule has 0 aliphatic rings. The Morgan fingerprint density at radius 1 is 1.13 bits per heavy atom. The van der Waals surface area contributed by atoms with E-state index in [0.29, 0.717) is 17.9 Å². The number of aromatic nitrogens is 5. The van der Waals surface area contributed by atoms with Crippen LogP contribution in [-0.2, 0) is 6.54 Å². The van der Waals surface area contributed by atoms with E-state index in [2.05, 4.69) is 30.2 Å². The Kier molecular flexibility index (Phi) is 4.81. The van der Waals surface area contributed by atoms with Crippen molar-refractivity contribution in [1.82, 2.24) is 30.2 Å². The van der Waals surface area contributed by atoms with E-state index in [1.54, 1.807) is 17.9 Å². The first-order valence-corrected chi connectivity index (χ1v) is 10.1. The Bertz CT molecular complexity index is 1370. The molecule has 0 aliphatic carbocycles. The molecule has 3 N–H and O–H groups in total. The number of nitrogens with zero attached hydrogens (tertiary/aromatic N) is 5. The molecule has 9 nitrogen and oxygen atoms in total. The van der Waals surface area contributed by atoms with Crippen molar-refractivity contribution >= 4 is 34.0 Å². The largest absolute Gasteiger partial charge is 0.443 e.